The Morgan fingerprint density at radius 3 is 2.33 bits per heavy atom. The van der Waals surface area contributed by atoms with Gasteiger partial charge in [0.25, 0.3) is 0 Å². The summed E-state index contributed by atoms with van der Waals surface area (Å²) in [6.45, 7) is 9.06. The van der Waals surface area contributed by atoms with Gasteiger partial charge in [-0.1, -0.05) is 26.0 Å². The molecule has 0 aliphatic carbocycles. The minimum absolute atomic E-state index is 0.00703. The molecule has 0 saturated carbocycles. The van der Waals surface area contributed by atoms with Gasteiger partial charge in [0, 0.05) is 31.2 Å². The molecule has 2 aliphatic heterocycles. The maximum atomic E-state index is 12.5. The average Bonchev–Trinajstić information content (AvgIpc) is 2.73. The molecule has 0 aromatic heterocycles. The van der Waals surface area contributed by atoms with E-state index in [9.17, 15) is 13.2 Å². The molecule has 0 radical (unpaired) electrons. The van der Waals surface area contributed by atoms with Crippen LogP contribution in [0.1, 0.15) is 45.1 Å². The first-order chi connectivity index (χ1) is 14.3. The number of piperidine rings is 2. The van der Waals surface area contributed by atoms with Gasteiger partial charge in [-0.05, 0) is 74.7 Å². The van der Waals surface area contributed by atoms with Crippen molar-refractivity contribution in [2.75, 3.05) is 44.3 Å². The second-order valence-electron chi connectivity index (χ2n) is 9.08. The van der Waals surface area contributed by atoms with Gasteiger partial charge >= 0.3 is 0 Å². The minimum Gasteiger partial charge on any atom is -0.326 e. The number of amides is 1. The van der Waals surface area contributed by atoms with Crippen molar-refractivity contribution in [1.29, 1.82) is 0 Å². The van der Waals surface area contributed by atoms with Crippen LogP contribution in [0.2, 0.25) is 0 Å². The number of nitrogens with one attached hydrogen (secondary N) is 1. The number of anilines is 1. The van der Waals surface area contributed by atoms with Crippen LogP contribution >= 0.6 is 0 Å². The Kier molecular flexibility index (Phi) is 7.93. The standard InChI is InChI=1S/C23H37N3O3S/c1-4-25-14-11-20(18(2)17-25)8-5-19-6-9-22(10-7-19)24-23(27)21-12-15-26(16-13-21)30(3,28)29/h6-7,9-10,18,20-21H,4-5,8,11-17H2,1-3H3,(H,24,27)/t18-,20+/m1/s1. The molecule has 30 heavy (non-hydrogen) atoms. The smallest absolute Gasteiger partial charge is 0.227 e. The second-order valence-corrected chi connectivity index (χ2v) is 11.1. The van der Waals surface area contributed by atoms with E-state index in [1.807, 2.05) is 12.1 Å². The molecule has 3 rings (SSSR count). The van der Waals surface area contributed by atoms with Gasteiger partial charge < -0.3 is 10.2 Å². The predicted molar refractivity (Wildman–Crippen MR) is 122 cm³/mol. The minimum atomic E-state index is -3.16. The van der Waals surface area contributed by atoms with Gasteiger partial charge in [0.05, 0.1) is 6.26 Å². The molecule has 1 N–H and O–H groups in total. The molecule has 0 unspecified atom stereocenters. The van der Waals surface area contributed by atoms with E-state index < -0.39 is 10.0 Å². The van der Waals surface area contributed by atoms with E-state index in [2.05, 4.69) is 36.2 Å². The molecule has 0 bridgehead atoms. The fourth-order valence-electron chi connectivity index (χ4n) is 4.80. The van der Waals surface area contributed by atoms with Gasteiger partial charge in [-0.25, -0.2) is 12.7 Å². The van der Waals surface area contributed by atoms with Crippen LogP contribution in [0.3, 0.4) is 0 Å². The number of carbonyl (C=O) groups excluding carboxylic acids is 1. The Bertz CT molecular complexity index is 801. The van der Waals surface area contributed by atoms with E-state index in [0.717, 1.165) is 30.5 Å². The second kappa shape index (κ2) is 10.2. The summed E-state index contributed by atoms with van der Waals surface area (Å²) in [5.41, 5.74) is 2.14. The van der Waals surface area contributed by atoms with Crippen LogP contribution in [0, 0.1) is 17.8 Å². The van der Waals surface area contributed by atoms with Crippen LogP contribution in [-0.2, 0) is 21.2 Å². The summed E-state index contributed by atoms with van der Waals surface area (Å²) in [6.07, 6.45) is 5.98. The van der Waals surface area contributed by atoms with Crippen molar-refractivity contribution in [3.8, 4) is 0 Å². The van der Waals surface area contributed by atoms with Crippen LogP contribution in [-0.4, -0.2) is 62.5 Å². The number of nitrogens with zero attached hydrogens (tertiary/aromatic N) is 2. The zero-order valence-corrected chi connectivity index (χ0v) is 19.5. The van der Waals surface area contributed by atoms with E-state index in [1.54, 1.807) is 0 Å². The lowest BCUT2D eigenvalue weighted by Gasteiger charge is -2.36. The number of hydrogen-bond donors (Lipinski definition) is 1. The molecular weight excluding hydrogens is 398 g/mol. The van der Waals surface area contributed by atoms with Crippen molar-refractivity contribution in [1.82, 2.24) is 9.21 Å². The average molecular weight is 436 g/mol. The topological polar surface area (TPSA) is 69.7 Å². The third kappa shape index (κ3) is 6.28. The molecule has 2 saturated heterocycles. The molecule has 2 aliphatic rings. The fraction of sp³-hybridized carbons (Fsp3) is 0.696. The summed E-state index contributed by atoms with van der Waals surface area (Å²) in [7, 11) is -3.16. The first-order valence-corrected chi connectivity index (χ1v) is 13.2. The Hall–Kier alpha value is -1.44. The highest BCUT2D eigenvalue weighted by Gasteiger charge is 2.29. The van der Waals surface area contributed by atoms with Gasteiger partial charge in [0.1, 0.15) is 0 Å². The molecule has 2 fully saturated rings. The normalized spacial score (nSPS) is 24.6. The molecule has 1 aromatic rings. The van der Waals surface area contributed by atoms with E-state index in [1.165, 1.54) is 42.1 Å². The Labute approximate surface area is 182 Å². The zero-order valence-electron chi connectivity index (χ0n) is 18.6. The van der Waals surface area contributed by atoms with E-state index >= 15 is 0 Å². The van der Waals surface area contributed by atoms with Crippen LogP contribution in [0.25, 0.3) is 0 Å². The molecule has 2 atom stereocenters. The molecule has 2 heterocycles. The number of sulfonamides is 1. The molecule has 7 heteroatoms. The molecule has 6 nitrogen and oxygen atoms in total. The molecule has 1 amide bonds. The summed E-state index contributed by atoms with van der Waals surface area (Å²) in [6, 6.07) is 8.21. The predicted octanol–water partition coefficient (Wildman–Crippen LogP) is 3.21. The number of benzene rings is 1. The number of rotatable bonds is 7. The summed E-state index contributed by atoms with van der Waals surface area (Å²) < 4.78 is 24.7. The molecular formula is C23H37N3O3S. The summed E-state index contributed by atoms with van der Waals surface area (Å²) >= 11 is 0. The van der Waals surface area contributed by atoms with Crippen molar-refractivity contribution in [2.24, 2.45) is 17.8 Å². The number of aryl methyl sites for hydroxylation is 1. The largest absolute Gasteiger partial charge is 0.326 e. The number of likely N-dealkylation sites (tertiary alicyclic amines) is 1. The maximum Gasteiger partial charge on any atom is 0.227 e. The van der Waals surface area contributed by atoms with Gasteiger partial charge in [-0.15, -0.1) is 0 Å². The van der Waals surface area contributed by atoms with E-state index in [4.69, 9.17) is 0 Å². The summed E-state index contributed by atoms with van der Waals surface area (Å²) in [5.74, 6) is 1.42. The van der Waals surface area contributed by atoms with Crippen molar-refractivity contribution in [3.05, 3.63) is 29.8 Å². The van der Waals surface area contributed by atoms with Crippen LogP contribution < -0.4 is 5.32 Å². The van der Waals surface area contributed by atoms with E-state index in [0.29, 0.717) is 25.9 Å². The van der Waals surface area contributed by atoms with E-state index in [-0.39, 0.29) is 11.8 Å². The van der Waals surface area contributed by atoms with Crippen LogP contribution in [0.5, 0.6) is 0 Å². The Balaban J connectivity index is 1.44. The quantitative estimate of drug-likeness (QED) is 0.714. The third-order valence-corrected chi connectivity index (χ3v) is 8.24. The van der Waals surface area contributed by atoms with Gasteiger partial charge in [-0.3, -0.25) is 4.79 Å². The maximum absolute atomic E-state index is 12.5. The third-order valence-electron chi connectivity index (χ3n) is 6.93. The summed E-state index contributed by atoms with van der Waals surface area (Å²) in [4.78, 5) is 15.1. The first kappa shape index (κ1) is 23.2. The number of hydrogen-bond acceptors (Lipinski definition) is 4. The van der Waals surface area contributed by atoms with Crippen molar-refractivity contribution in [2.45, 2.75) is 46.0 Å². The lowest BCUT2D eigenvalue weighted by atomic mass is 9.83. The monoisotopic (exact) mass is 435 g/mol. The van der Waals surface area contributed by atoms with Gasteiger partial charge in [-0.2, -0.15) is 0 Å². The zero-order chi connectivity index (χ0) is 21.7. The molecule has 168 valence electrons. The Morgan fingerprint density at radius 2 is 1.77 bits per heavy atom. The lowest BCUT2D eigenvalue weighted by Crippen LogP contribution is -2.40. The summed E-state index contributed by atoms with van der Waals surface area (Å²) in [5, 5.41) is 3.00. The molecule has 1 aromatic carbocycles. The lowest BCUT2D eigenvalue weighted by molar-refractivity contribution is -0.120. The van der Waals surface area contributed by atoms with Crippen LogP contribution in [0.4, 0.5) is 5.69 Å². The first-order valence-electron chi connectivity index (χ1n) is 11.3. The Morgan fingerprint density at radius 1 is 1.10 bits per heavy atom. The van der Waals surface area contributed by atoms with Crippen molar-refractivity contribution < 1.29 is 13.2 Å². The van der Waals surface area contributed by atoms with Crippen molar-refractivity contribution in [3.63, 3.8) is 0 Å². The van der Waals surface area contributed by atoms with Gasteiger partial charge in [0.2, 0.25) is 15.9 Å². The van der Waals surface area contributed by atoms with Gasteiger partial charge in [0.15, 0.2) is 0 Å². The number of carbonyl (C=O) groups is 1. The molecule has 0 spiro atoms. The fourth-order valence-corrected chi connectivity index (χ4v) is 5.67. The highest BCUT2D eigenvalue weighted by atomic mass is 32.2. The highest BCUT2D eigenvalue weighted by Crippen LogP contribution is 2.28. The van der Waals surface area contributed by atoms with Crippen molar-refractivity contribution >= 4 is 21.6 Å². The van der Waals surface area contributed by atoms with Crippen LogP contribution in [0.15, 0.2) is 24.3 Å². The SMILES string of the molecule is CCN1CC[C@H](CCc2ccc(NC(=O)C3CCN(S(C)(=O)=O)CC3)cc2)[C@H](C)C1. The highest BCUT2D eigenvalue weighted by molar-refractivity contribution is 7.88.